The van der Waals surface area contributed by atoms with Gasteiger partial charge in [0.2, 0.25) is 0 Å². The van der Waals surface area contributed by atoms with Crippen LogP contribution in [-0.2, 0) is 6.42 Å². The standard InChI is InChI=1S/C22H22N2O3S2/c1-26-16-10-14-7-8-24(22(25)19-12-23-21(29-19)13-5-6-13)20(18-4-3-9-28-18)15(14)11-17(16)27-2/h3-4,9-13,20H,5-8H2,1-2H3. The van der Waals surface area contributed by atoms with E-state index in [2.05, 4.69) is 22.5 Å². The number of thiophene rings is 1. The molecule has 29 heavy (non-hydrogen) atoms. The Morgan fingerprint density at radius 3 is 2.69 bits per heavy atom. The van der Waals surface area contributed by atoms with Gasteiger partial charge in [-0.1, -0.05) is 6.07 Å². The minimum atomic E-state index is -0.127. The van der Waals surface area contributed by atoms with E-state index in [9.17, 15) is 4.79 Å². The second-order valence-electron chi connectivity index (χ2n) is 7.41. The SMILES string of the molecule is COc1cc2c(cc1OC)C(c1cccs1)N(C(=O)c1cnc(C3CC3)s1)CC2. The molecule has 1 atom stereocenters. The molecule has 1 unspecified atom stereocenters. The lowest BCUT2D eigenvalue weighted by Gasteiger charge is -2.37. The molecule has 0 bridgehead atoms. The van der Waals surface area contributed by atoms with Crippen molar-refractivity contribution in [3.63, 3.8) is 0 Å². The van der Waals surface area contributed by atoms with Crippen LogP contribution in [0.5, 0.6) is 11.5 Å². The van der Waals surface area contributed by atoms with Crippen molar-refractivity contribution in [2.75, 3.05) is 20.8 Å². The molecule has 3 aromatic rings. The summed E-state index contributed by atoms with van der Waals surface area (Å²) in [6, 6.07) is 8.09. The highest BCUT2D eigenvalue weighted by Gasteiger charge is 2.36. The number of rotatable bonds is 5. The van der Waals surface area contributed by atoms with E-state index in [0.717, 1.165) is 32.5 Å². The first kappa shape index (κ1) is 18.6. The van der Waals surface area contributed by atoms with Gasteiger partial charge in [-0.3, -0.25) is 4.79 Å². The van der Waals surface area contributed by atoms with Crippen LogP contribution >= 0.6 is 22.7 Å². The van der Waals surface area contributed by atoms with Gasteiger partial charge in [0.05, 0.1) is 31.5 Å². The molecular weight excluding hydrogens is 404 g/mol. The monoisotopic (exact) mass is 426 g/mol. The second-order valence-corrected chi connectivity index (χ2v) is 9.45. The van der Waals surface area contributed by atoms with E-state index in [-0.39, 0.29) is 11.9 Å². The van der Waals surface area contributed by atoms with E-state index in [1.165, 1.54) is 18.4 Å². The van der Waals surface area contributed by atoms with Gasteiger partial charge in [0, 0.05) is 17.3 Å². The number of ether oxygens (including phenoxy) is 2. The first-order valence-corrected chi connectivity index (χ1v) is 11.4. The Labute approximate surface area is 177 Å². The van der Waals surface area contributed by atoms with Crippen molar-refractivity contribution in [2.45, 2.75) is 31.2 Å². The number of aromatic nitrogens is 1. The maximum atomic E-state index is 13.5. The molecule has 1 aromatic carbocycles. The third-order valence-electron chi connectivity index (χ3n) is 5.61. The molecule has 0 N–H and O–H groups in total. The molecule has 150 valence electrons. The van der Waals surface area contributed by atoms with Gasteiger partial charge in [-0.2, -0.15) is 0 Å². The molecular formula is C22H22N2O3S2. The highest BCUT2D eigenvalue weighted by molar-refractivity contribution is 7.13. The van der Waals surface area contributed by atoms with Crippen molar-refractivity contribution in [2.24, 2.45) is 0 Å². The lowest BCUT2D eigenvalue weighted by Crippen LogP contribution is -2.40. The Balaban J connectivity index is 1.56. The van der Waals surface area contributed by atoms with E-state index in [0.29, 0.717) is 18.2 Å². The van der Waals surface area contributed by atoms with Crippen LogP contribution in [0, 0.1) is 0 Å². The maximum absolute atomic E-state index is 13.5. The summed E-state index contributed by atoms with van der Waals surface area (Å²) < 4.78 is 11.0. The van der Waals surface area contributed by atoms with Crippen LogP contribution in [-0.4, -0.2) is 36.6 Å². The van der Waals surface area contributed by atoms with E-state index >= 15 is 0 Å². The summed E-state index contributed by atoms with van der Waals surface area (Å²) in [5, 5.41) is 3.16. The molecule has 1 fully saturated rings. The zero-order valence-electron chi connectivity index (χ0n) is 16.4. The Kier molecular flexibility index (Phi) is 4.80. The van der Waals surface area contributed by atoms with Crippen LogP contribution in [0.1, 0.15) is 55.5 Å². The number of nitrogens with zero attached hydrogens (tertiary/aromatic N) is 2. The number of methoxy groups -OCH3 is 2. The average Bonchev–Trinajstić information content (AvgIpc) is 3.25. The highest BCUT2D eigenvalue weighted by Crippen LogP contribution is 2.44. The quantitative estimate of drug-likeness (QED) is 0.583. The van der Waals surface area contributed by atoms with E-state index < -0.39 is 0 Å². The molecule has 1 aliphatic carbocycles. The molecule has 5 nitrogen and oxygen atoms in total. The molecule has 1 aliphatic heterocycles. The van der Waals surface area contributed by atoms with Gasteiger partial charge in [0.1, 0.15) is 4.88 Å². The molecule has 1 saturated carbocycles. The summed E-state index contributed by atoms with van der Waals surface area (Å²) in [5.41, 5.74) is 2.31. The molecule has 2 aliphatic rings. The van der Waals surface area contributed by atoms with Crippen LogP contribution in [0.15, 0.2) is 35.8 Å². The number of carbonyl (C=O) groups is 1. The van der Waals surface area contributed by atoms with E-state index in [1.807, 2.05) is 17.0 Å². The predicted molar refractivity (Wildman–Crippen MR) is 115 cm³/mol. The first-order valence-electron chi connectivity index (χ1n) is 9.74. The van der Waals surface area contributed by atoms with Crippen molar-refractivity contribution in [1.82, 2.24) is 9.88 Å². The molecule has 0 spiro atoms. The molecule has 1 amide bonds. The zero-order chi connectivity index (χ0) is 20.0. The number of benzene rings is 1. The zero-order valence-corrected chi connectivity index (χ0v) is 18.0. The molecule has 5 rings (SSSR count). The maximum Gasteiger partial charge on any atom is 0.266 e. The topological polar surface area (TPSA) is 51.7 Å². The summed E-state index contributed by atoms with van der Waals surface area (Å²) in [5.74, 6) is 2.05. The molecule has 0 radical (unpaired) electrons. The molecule has 2 aromatic heterocycles. The van der Waals surface area contributed by atoms with Crippen LogP contribution in [0.4, 0.5) is 0 Å². The summed E-state index contributed by atoms with van der Waals surface area (Å²) in [4.78, 5) is 21.9. The lowest BCUT2D eigenvalue weighted by molar-refractivity contribution is 0.0701. The lowest BCUT2D eigenvalue weighted by atomic mass is 9.90. The van der Waals surface area contributed by atoms with E-state index in [4.69, 9.17) is 9.47 Å². The van der Waals surface area contributed by atoms with Gasteiger partial charge < -0.3 is 14.4 Å². The number of thiazole rings is 1. The number of carbonyl (C=O) groups excluding carboxylic acids is 1. The summed E-state index contributed by atoms with van der Waals surface area (Å²) >= 11 is 3.23. The summed E-state index contributed by atoms with van der Waals surface area (Å²) in [6.07, 6.45) is 4.93. The number of hydrogen-bond donors (Lipinski definition) is 0. The third kappa shape index (κ3) is 3.32. The van der Waals surface area contributed by atoms with Crippen molar-refractivity contribution < 1.29 is 14.3 Å². The Bertz CT molecular complexity index is 1040. The fraction of sp³-hybridized carbons (Fsp3) is 0.364. The van der Waals surface area contributed by atoms with Gasteiger partial charge >= 0.3 is 0 Å². The van der Waals surface area contributed by atoms with Crippen molar-refractivity contribution in [3.05, 3.63) is 61.7 Å². The van der Waals surface area contributed by atoms with Crippen LogP contribution in [0.25, 0.3) is 0 Å². The second kappa shape index (κ2) is 7.46. The van der Waals surface area contributed by atoms with Gasteiger partial charge in [-0.25, -0.2) is 4.98 Å². The summed E-state index contributed by atoms with van der Waals surface area (Å²) in [6.45, 7) is 0.667. The van der Waals surface area contributed by atoms with Crippen LogP contribution in [0.2, 0.25) is 0 Å². The highest BCUT2D eigenvalue weighted by atomic mass is 32.1. The largest absolute Gasteiger partial charge is 0.493 e. The van der Waals surface area contributed by atoms with Gasteiger partial charge in [0.15, 0.2) is 11.5 Å². The minimum absolute atomic E-state index is 0.0632. The fourth-order valence-electron chi connectivity index (χ4n) is 3.97. The van der Waals surface area contributed by atoms with Gasteiger partial charge in [0.25, 0.3) is 5.91 Å². The van der Waals surface area contributed by atoms with Crippen LogP contribution in [0.3, 0.4) is 0 Å². The average molecular weight is 427 g/mol. The fourth-order valence-corrected chi connectivity index (χ4v) is 5.86. The molecule has 3 heterocycles. The number of fused-ring (bicyclic) bond motifs is 1. The third-order valence-corrected chi connectivity index (χ3v) is 7.68. The number of amides is 1. The number of hydrogen-bond acceptors (Lipinski definition) is 6. The van der Waals surface area contributed by atoms with Crippen molar-refractivity contribution >= 4 is 28.6 Å². The van der Waals surface area contributed by atoms with Crippen molar-refractivity contribution in [1.29, 1.82) is 0 Å². The Morgan fingerprint density at radius 1 is 1.21 bits per heavy atom. The molecule has 0 saturated heterocycles. The predicted octanol–water partition coefficient (Wildman–Crippen LogP) is 4.89. The molecule has 7 heteroatoms. The summed E-state index contributed by atoms with van der Waals surface area (Å²) in [7, 11) is 3.30. The van der Waals surface area contributed by atoms with Gasteiger partial charge in [-0.05, 0) is 54.0 Å². The van der Waals surface area contributed by atoms with E-state index in [1.54, 1.807) is 43.1 Å². The normalized spacial score (nSPS) is 18.4. The van der Waals surface area contributed by atoms with Gasteiger partial charge in [-0.15, -0.1) is 22.7 Å². The smallest absolute Gasteiger partial charge is 0.266 e. The Morgan fingerprint density at radius 2 is 2.00 bits per heavy atom. The van der Waals surface area contributed by atoms with Crippen molar-refractivity contribution in [3.8, 4) is 11.5 Å². The minimum Gasteiger partial charge on any atom is -0.493 e. The first-order chi connectivity index (χ1) is 14.2. The Hall–Kier alpha value is -2.38. The van der Waals surface area contributed by atoms with Crippen LogP contribution < -0.4 is 9.47 Å².